The molecule has 2 aromatic rings. The van der Waals surface area contributed by atoms with E-state index in [4.69, 9.17) is 11.6 Å². The summed E-state index contributed by atoms with van der Waals surface area (Å²) in [6.07, 6.45) is 4.37. The molecule has 1 aliphatic carbocycles. The lowest BCUT2D eigenvalue weighted by Crippen LogP contribution is -2.39. The number of rotatable bonds is 5. The standard InChI is InChI=1S/C20H22ClN3O2/c1-22-10-2-3-18(22)13-24(17-8-9-17)20(26)14-11-19(25)23(12-14)16-6-4-15(21)5-7-16/h2-7,10,14,17H,8-9,11-13H2,1H3. The maximum absolute atomic E-state index is 13.2. The summed E-state index contributed by atoms with van der Waals surface area (Å²) in [6, 6.07) is 11.5. The van der Waals surface area contributed by atoms with Crippen LogP contribution in [0, 0.1) is 5.92 Å². The highest BCUT2D eigenvalue weighted by Crippen LogP contribution is 2.33. The second-order valence-electron chi connectivity index (χ2n) is 7.19. The van der Waals surface area contributed by atoms with Gasteiger partial charge in [-0.1, -0.05) is 11.6 Å². The highest BCUT2D eigenvalue weighted by molar-refractivity contribution is 6.30. The molecule has 5 nitrogen and oxygen atoms in total. The van der Waals surface area contributed by atoms with E-state index in [1.807, 2.05) is 47.0 Å². The number of carbonyl (C=O) groups excluding carboxylic acids is 2. The molecule has 0 spiro atoms. The molecule has 1 atom stereocenters. The molecule has 2 amide bonds. The van der Waals surface area contributed by atoms with Gasteiger partial charge in [0.2, 0.25) is 11.8 Å². The Hall–Kier alpha value is -2.27. The van der Waals surface area contributed by atoms with Crippen molar-refractivity contribution in [3.05, 3.63) is 53.3 Å². The quantitative estimate of drug-likeness (QED) is 0.810. The Labute approximate surface area is 158 Å². The first-order valence-electron chi connectivity index (χ1n) is 8.99. The van der Waals surface area contributed by atoms with Gasteiger partial charge in [-0.05, 0) is 49.2 Å². The SMILES string of the molecule is Cn1cccc1CN(C(=O)C1CC(=O)N(c2ccc(Cl)cc2)C1)C1CC1. The van der Waals surface area contributed by atoms with Crippen LogP contribution >= 0.6 is 11.6 Å². The van der Waals surface area contributed by atoms with E-state index in [0.29, 0.717) is 24.2 Å². The molecule has 0 bridgehead atoms. The largest absolute Gasteiger partial charge is 0.353 e. The van der Waals surface area contributed by atoms with Crippen LogP contribution in [-0.2, 0) is 23.2 Å². The molecule has 1 saturated carbocycles. The third-order valence-electron chi connectivity index (χ3n) is 5.27. The van der Waals surface area contributed by atoms with Crippen LogP contribution in [0.4, 0.5) is 5.69 Å². The molecule has 1 aliphatic heterocycles. The Morgan fingerprint density at radius 2 is 1.96 bits per heavy atom. The van der Waals surface area contributed by atoms with E-state index in [1.165, 1.54) is 0 Å². The predicted octanol–water partition coefficient (Wildman–Crippen LogP) is 3.22. The number of halogens is 1. The molecule has 26 heavy (non-hydrogen) atoms. The molecule has 1 aromatic heterocycles. The first-order valence-corrected chi connectivity index (χ1v) is 9.37. The van der Waals surface area contributed by atoms with Gasteiger partial charge in [-0.25, -0.2) is 0 Å². The van der Waals surface area contributed by atoms with Crippen LogP contribution in [0.3, 0.4) is 0 Å². The van der Waals surface area contributed by atoms with Crippen molar-refractivity contribution in [1.82, 2.24) is 9.47 Å². The number of amides is 2. The maximum Gasteiger partial charge on any atom is 0.228 e. The van der Waals surface area contributed by atoms with Crippen molar-refractivity contribution in [1.29, 1.82) is 0 Å². The highest BCUT2D eigenvalue weighted by atomic mass is 35.5. The zero-order valence-corrected chi connectivity index (χ0v) is 15.5. The normalized spacial score (nSPS) is 19.8. The van der Waals surface area contributed by atoms with Crippen molar-refractivity contribution in [3.63, 3.8) is 0 Å². The Kier molecular flexibility index (Phi) is 4.49. The number of hydrogen-bond donors (Lipinski definition) is 0. The molecule has 2 fully saturated rings. The molecule has 1 unspecified atom stereocenters. The lowest BCUT2D eigenvalue weighted by molar-refractivity contribution is -0.137. The molecular weight excluding hydrogens is 350 g/mol. The van der Waals surface area contributed by atoms with Crippen molar-refractivity contribution in [2.45, 2.75) is 31.8 Å². The fraction of sp³-hybridized carbons (Fsp3) is 0.400. The van der Waals surface area contributed by atoms with E-state index in [0.717, 1.165) is 24.2 Å². The van der Waals surface area contributed by atoms with Gasteiger partial charge in [0.1, 0.15) is 0 Å². The van der Waals surface area contributed by atoms with Crippen LogP contribution in [0.2, 0.25) is 5.02 Å². The van der Waals surface area contributed by atoms with E-state index >= 15 is 0 Å². The fourth-order valence-corrected chi connectivity index (χ4v) is 3.71. The average Bonchev–Trinajstić information content (AvgIpc) is 3.28. The topological polar surface area (TPSA) is 45.6 Å². The van der Waals surface area contributed by atoms with Crippen LogP contribution in [0.15, 0.2) is 42.6 Å². The summed E-state index contributed by atoms with van der Waals surface area (Å²) >= 11 is 5.93. The molecule has 6 heteroatoms. The first-order chi connectivity index (χ1) is 12.5. The van der Waals surface area contributed by atoms with E-state index in [1.54, 1.807) is 17.0 Å². The molecule has 2 heterocycles. The molecule has 0 N–H and O–H groups in total. The minimum absolute atomic E-state index is 0.000265. The molecule has 2 aliphatic rings. The lowest BCUT2D eigenvalue weighted by atomic mass is 10.1. The third-order valence-corrected chi connectivity index (χ3v) is 5.52. The number of benzene rings is 1. The maximum atomic E-state index is 13.2. The summed E-state index contributed by atoms with van der Waals surface area (Å²) in [5.41, 5.74) is 1.92. The van der Waals surface area contributed by atoms with Crippen LogP contribution in [0.5, 0.6) is 0 Å². The van der Waals surface area contributed by atoms with Gasteiger partial charge in [0.15, 0.2) is 0 Å². The Bertz CT molecular complexity index is 826. The highest BCUT2D eigenvalue weighted by Gasteiger charge is 2.41. The summed E-state index contributed by atoms with van der Waals surface area (Å²) in [5, 5.41) is 0.635. The van der Waals surface area contributed by atoms with Crippen molar-refractivity contribution >= 4 is 29.1 Å². The number of hydrogen-bond acceptors (Lipinski definition) is 2. The van der Waals surface area contributed by atoms with E-state index in [2.05, 4.69) is 0 Å². The van der Waals surface area contributed by atoms with Crippen molar-refractivity contribution < 1.29 is 9.59 Å². The third kappa shape index (κ3) is 3.36. The molecular formula is C20H22ClN3O2. The number of aryl methyl sites for hydroxylation is 1. The van der Waals surface area contributed by atoms with Gasteiger partial charge in [0.05, 0.1) is 12.5 Å². The Balaban J connectivity index is 1.49. The van der Waals surface area contributed by atoms with Gasteiger partial charge in [0.25, 0.3) is 0 Å². The Morgan fingerprint density at radius 1 is 1.23 bits per heavy atom. The summed E-state index contributed by atoms with van der Waals surface area (Å²) in [6.45, 7) is 1.05. The molecule has 136 valence electrons. The van der Waals surface area contributed by atoms with Crippen LogP contribution in [0.1, 0.15) is 25.0 Å². The predicted molar refractivity (Wildman–Crippen MR) is 101 cm³/mol. The fourth-order valence-electron chi connectivity index (χ4n) is 3.59. The van der Waals surface area contributed by atoms with E-state index in [9.17, 15) is 9.59 Å². The van der Waals surface area contributed by atoms with E-state index in [-0.39, 0.29) is 24.2 Å². The number of anilines is 1. The van der Waals surface area contributed by atoms with Gasteiger partial charge in [-0.15, -0.1) is 0 Å². The molecule has 1 aromatic carbocycles. The van der Waals surface area contributed by atoms with Gasteiger partial charge >= 0.3 is 0 Å². The van der Waals surface area contributed by atoms with Gasteiger partial charge in [0, 0.05) is 48.7 Å². The summed E-state index contributed by atoms with van der Waals surface area (Å²) in [7, 11) is 1.99. The van der Waals surface area contributed by atoms with Crippen molar-refractivity contribution in [2.24, 2.45) is 13.0 Å². The van der Waals surface area contributed by atoms with Gasteiger partial charge in [-0.2, -0.15) is 0 Å². The number of carbonyl (C=O) groups is 2. The minimum Gasteiger partial charge on any atom is -0.353 e. The molecule has 0 radical (unpaired) electrons. The van der Waals surface area contributed by atoms with Crippen LogP contribution < -0.4 is 4.90 Å². The van der Waals surface area contributed by atoms with Crippen molar-refractivity contribution in [3.8, 4) is 0 Å². The number of nitrogens with zero attached hydrogens (tertiary/aromatic N) is 3. The average molecular weight is 372 g/mol. The van der Waals surface area contributed by atoms with Crippen molar-refractivity contribution in [2.75, 3.05) is 11.4 Å². The zero-order chi connectivity index (χ0) is 18.3. The second-order valence-corrected chi connectivity index (χ2v) is 7.63. The summed E-state index contributed by atoms with van der Waals surface area (Å²) in [4.78, 5) is 29.3. The molecule has 4 rings (SSSR count). The monoisotopic (exact) mass is 371 g/mol. The lowest BCUT2D eigenvalue weighted by Gasteiger charge is -2.26. The zero-order valence-electron chi connectivity index (χ0n) is 14.8. The van der Waals surface area contributed by atoms with Crippen LogP contribution in [-0.4, -0.2) is 33.9 Å². The molecule has 1 saturated heterocycles. The van der Waals surface area contributed by atoms with Crippen LogP contribution in [0.25, 0.3) is 0 Å². The first kappa shape index (κ1) is 17.2. The second kappa shape index (κ2) is 6.80. The van der Waals surface area contributed by atoms with Gasteiger partial charge in [-0.3, -0.25) is 9.59 Å². The van der Waals surface area contributed by atoms with Gasteiger partial charge < -0.3 is 14.4 Å². The van der Waals surface area contributed by atoms with E-state index < -0.39 is 0 Å². The summed E-state index contributed by atoms with van der Waals surface area (Å²) in [5.74, 6) is -0.183. The number of aromatic nitrogens is 1. The summed E-state index contributed by atoms with van der Waals surface area (Å²) < 4.78 is 2.04. The Morgan fingerprint density at radius 3 is 2.58 bits per heavy atom. The smallest absolute Gasteiger partial charge is 0.228 e. The minimum atomic E-state index is -0.279.